The first-order chi connectivity index (χ1) is 9.31. The van der Waals surface area contributed by atoms with E-state index in [2.05, 4.69) is 10.6 Å². The number of carboxylic acids is 1. The number of anilines is 1. The minimum Gasteiger partial charge on any atom is -0.507 e. The van der Waals surface area contributed by atoms with Gasteiger partial charge in [-0.1, -0.05) is 0 Å². The van der Waals surface area contributed by atoms with E-state index < -0.39 is 22.8 Å². The monoisotopic (exact) mass is 300 g/mol. The van der Waals surface area contributed by atoms with Gasteiger partial charge in [-0.25, -0.2) is 9.59 Å². The van der Waals surface area contributed by atoms with Crippen LogP contribution in [-0.4, -0.2) is 44.5 Å². The molecule has 4 N–H and O–H groups in total. The van der Waals surface area contributed by atoms with E-state index in [-0.39, 0.29) is 28.8 Å². The van der Waals surface area contributed by atoms with Gasteiger partial charge in [-0.15, -0.1) is 0 Å². The molecule has 1 aromatic rings. The molecule has 8 heteroatoms. The maximum atomic E-state index is 11.6. The van der Waals surface area contributed by atoms with Crippen LogP contribution in [0, 0.1) is 0 Å². The quantitative estimate of drug-likeness (QED) is 0.605. The second kappa shape index (κ2) is 6.90. The van der Waals surface area contributed by atoms with E-state index in [1.807, 2.05) is 0 Å². The molecule has 0 fully saturated rings. The van der Waals surface area contributed by atoms with Gasteiger partial charge in [0.2, 0.25) is 0 Å². The number of aromatic carboxylic acids is 1. The van der Waals surface area contributed by atoms with E-state index in [4.69, 9.17) is 5.11 Å². The van der Waals surface area contributed by atoms with Crippen molar-refractivity contribution in [3.8, 4) is 5.75 Å². The third kappa shape index (κ3) is 4.54. The van der Waals surface area contributed by atoms with Crippen molar-refractivity contribution < 1.29 is 24.0 Å². The summed E-state index contributed by atoms with van der Waals surface area (Å²) in [5.74, 6) is -1.67. The average Bonchev–Trinajstić information content (AvgIpc) is 2.37. The molecule has 0 spiro atoms. The van der Waals surface area contributed by atoms with Crippen molar-refractivity contribution in [2.45, 2.75) is 12.2 Å². The molecular formula is C12H16N2O5S. The van der Waals surface area contributed by atoms with Crippen LogP contribution in [0.5, 0.6) is 5.75 Å². The molecule has 7 nitrogen and oxygen atoms in total. The predicted octanol–water partition coefficient (Wildman–Crippen LogP) is 0.979. The van der Waals surface area contributed by atoms with Gasteiger partial charge in [-0.3, -0.25) is 4.21 Å². The lowest BCUT2D eigenvalue weighted by Crippen LogP contribution is -2.35. The van der Waals surface area contributed by atoms with E-state index in [9.17, 15) is 18.9 Å². The van der Waals surface area contributed by atoms with Crippen LogP contribution in [-0.2, 0) is 10.8 Å². The van der Waals surface area contributed by atoms with Gasteiger partial charge in [-0.2, -0.15) is 0 Å². The lowest BCUT2D eigenvalue weighted by Gasteiger charge is -2.11. The Labute approximate surface area is 118 Å². The molecule has 0 bridgehead atoms. The number of urea groups is 1. The van der Waals surface area contributed by atoms with Crippen molar-refractivity contribution in [1.29, 1.82) is 0 Å². The summed E-state index contributed by atoms with van der Waals surface area (Å²) in [5, 5.41) is 22.9. The van der Waals surface area contributed by atoms with Gasteiger partial charge in [0.1, 0.15) is 11.3 Å². The Balaban J connectivity index is 2.65. The van der Waals surface area contributed by atoms with E-state index in [1.165, 1.54) is 12.1 Å². The Morgan fingerprint density at radius 3 is 2.60 bits per heavy atom. The third-order valence-electron chi connectivity index (χ3n) is 2.60. The first-order valence-corrected chi connectivity index (χ1v) is 7.36. The predicted molar refractivity (Wildman–Crippen MR) is 75.6 cm³/mol. The lowest BCUT2D eigenvalue weighted by molar-refractivity contribution is 0.0693. The molecule has 0 saturated carbocycles. The first-order valence-electron chi connectivity index (χ1n) is 5.74. The maximum absolute atomic E-state index is 11.6. The van der Waals surface area contributed by atoms with Gasteiger partial charge in [0.05, 0.1) is 0 Å². The molecule has 110 valence electrons. The highest BCUT2D eigenvalue weighted by Crippen LogP contribution is 2.21. The molecule has 0 heterocycles. The maximum Gasteiger partial charge on any atom is 0.339 e. The molecule has 1 aromatic carbocycles. The second-order valence-corrected chi connectivity index (χ2v) is 5.98. The minimum absolute atomic E-state index is 0.185. The number of phenols is 1. The molecule has 2 atom stereocenters. The fourth-order valence-electron chi connectivity index (χ4n) is 1.31. The number of hydrogen-bond acceptors (Lipinski definition) is 4. The number of carbonyl (C=O) groups excluding carboxylic acids is 1. The van der Waals surface area contributed by atoms with E-state index in [0.29, 0.717) is 0 Å². The third-order valence-corrected chi connectivity index (χ3v) is 3.90. The standard InChI is InChI=1S/C12H16N2O5S/c1-7(20(2)19)6-13-12(18)14-8-3-4-10(15)9(5-8)11(16)17/h3-5,7,15H,6H2,1-2H3,(H,16,17)(H2,13,14,18). The van der Waals surface area contributed by atoms with Crippen molar-refractivity contribution in [3.05, 3.63) is 23.8 Å². The minimum atomic E-state index is -1.29. The van der Waals surface area contributed by atoms with E-state index in [0.717, 1.165) is 6.07 Å². The Morgan fingerprint density at radius 2 is 2.05 bits per heavy atom. The zero-order valence-electron chi connectivity index (χ0n) is 11.0. The van der Waals surface area contributed by atoms with Gasteiger partial charge >= 0.3 is 12.0 Å². The summed E-state index contributed by atoms with van der Waals surface area (Å²) in [5.41, 5.74) is -0.0613. The molecule has 0 radical (unpaired) electrons. The van der Waals surface area contributed by atoms with Gasteiger partial charge in [-0.05, 0) is 25.1 Å². The summed E-state index contributed by atoms with van der Waals surface area (Å²) in [6.45, 7) is 1.97. The van der Waals surface area contributed by atoms with Crippen LogP contribution in [0.3, 0.4) is 0 Å². The number of aromatic hydroxyl groups is 1. The molecule has 0 aromatic heterocycles. The molecule has 0 aliphatic heterocycles. The molecule has 0 saturated heterocycles. The summed E-state index contributed by atoms with van der Waals surface area (Å²) in [7, 11) is -1.04. The van der Waals surface area contributed by atoms with Gasteiger partial charge < -0.3 is 20.8 Å². The zero-order chi connectivity index (χ0) is 15.3. The van der Waals surface area contributed by atoms with Crippen LogP contribution >= 0.6 is 0 Å². The van der Waals surface area contributed by atoms with Crippen molar-refractivity contribution in [1.82, 2.24) is 5.32 Å². The van der Waals surface area contributed by atoms with Crippen molar-refractivity contribution in [2.24, 2.45) is 0 Å². The van der Waals surface area contributed by atoms with Crippen molar-refractivity contribution >= 4 is 28.5 Å². The first kappa shape index (κ1) is 16.0. The fraction of sp³-hybridized carbons (Fsp3) is 0.333. The highest BCUT2D eigenvalue weighted by molar-refractivity contribution is 7.84. The zero-order valence-corrected chi connectivity index (χ0v) is 11.9. The molecule has 2 amide bonds. The summed E-state index contributed by atoms with van der Waals surface area (Å²) in [4.78, 5) is 22.4. The number of amides is 2. The smallest absolute Gasteiger partial charge is 0.339 e. The van der Waals surface area contributed by atoms with Crippen LogP contribution in [0.2, 0.25) is 0 Å². The molecule has 1 rings (SSSR count). The van der Waals surface area contributed by atoms with Crippen LogP contribution in [0.4, 0.5) is 10.5 Å². The lowest BCUT2D eigenvalue weighted by atomic mass is 10.2. The second-order valence-electron chi connectivity index (χ2n) is 4.18. The molecular weight excluding hydrogens is 284 g/mol. The van der Waals surface area contributed by atoms with Gasteiger partial charge in [0.25, 0.3) is 0 Å². The summed E-state index contributed by atoms with van der Waals surface area (Å²) in [6, 6.07) is 3.17. The summed E-state index contributed by atoms with van der Waals surface area (Å²) >= 11 is 0. The number of nitrogens with one attached hydrogen (secondary N) is 2. The number of carbonyl (C=O) groups is 2. The van der Waals surface area contributed by atoms with Gasteiger partial charge in [0.15, 0.2) is 0 Å². The highest BCUT2D eigenvalue weighted by atomic mass is 32.2. The molecule has 0 aliphatic carbocycles. The highest BCUT2D eigenvalue weighted by Gasteiger charge is 2.12. The number of carboxylic acid groups (broad SMARTS) is 1. The Bertz CT molecular complexity index is 547. The Kier molecular flexibility index (Phi) is 5.51. The SMILES string of the molecule is CC(CNC(=O)Nc1ccc(O)c(C(=O)O)c1)S(C)=O. The van der Waals surface area contributed by atoms with E-state index >= 15 is 0 Å². The van der Waals surface area contributed by atoms with Crippen LogP contribution in [0.1, 0.15) is 17.3 Å². The van der Waals surface area contributed by atoms with Crippen LogP contribution in [0.25, 0.3) is 0 Å². The summed E-state index contributed by atoms with van der Waals surface area (Å²) in [6.07, 6.45) is 1.55. The summed E-state index contributed by atoms with van der Waals surface area (Å²) < 4.78 is 11.1. The Hall–Kier alpha value is -2.09. The Morgan fingerprint density at radius 1 is 1.40 bits per heavy atom. The van der Waals surface area contributed by atoms with Crippen LogP contribution < -0.4 is 10.6 Å². The van der Waals surface area contributed by atoms with Gasteiger partial charge in [0, 0.05) is 34.5 Å². The normalized spacial score (nSPS) is 13.3. The van der Waals surface area contributed by atoms with Crippen molar-refractivity contribution in [2.75, 3.05) is 18.1 Å². The number of hydrogen-bond donors (Lipinski definition) is 4. The number of benzene rings is 1. The number of rotatable bonds is 5. The largest absolute Gasteiger partial charge is 0.507 e. The fourth-order valence-corrected chi connectivity index (χ4v) is 1.63. The topological polar surface area (TPSA) is 116 Å². The average molecular weight is 300 g/mol. The van der Waals surface area contributed by atoms with E-state index in [1.54, 1.807) is 13.2 Å². The van der Waals surface area contributed by atoms with Crippen LogP contribution in [0.15, 0.2) is 18.2 Å². The molecule has 0 aliphatic rings. The molecule has 20 heavy (non-hydrogen) atoms. The molecule has 2 unspecified atom stereocenters. The van der Waals surface area contributed by atoms with Crippen molar-refractivity contribution in [3.63, 3.8) is 0 Å².